The van der Waals surface area contributed by atoms with Crippen LogP contribution in [0.15, 0.2) is 29.7 Å². The highest BCUT2D eigenvalue weighted by molar-refractivity contribution is 7.90. The lowest BCUT2D eigenvalue weighted by atomic mass is 10.4. The summed E-state index contributed by atoms with van der Waals surface area (Å²) in [5.74, 6) is 0. The Morgan fingerprint density at radius 2 is 2.18 bits per heavy atom. The van der Waals surface area contributed by atoms with Gasteiger partial charge >= 0.3 is 0 Å². The van der Waals surface area contributed by atoms with Crippen LogP contribution in [-0.4, -0.2) is 35.7 Å². The fourth-order valence-corrected chi connectivity index (χ4v) is 2.22. The number of aromatic nitrogens is 2. The van der Waals surface area contributed by atoms with Crippen molar-refractivity contribution in [1.82, 2.24) is 9.19 Å². The Kier molecular flexibility index (Phi) is 3.01. The Balaban J connectivity index is 2.28. The summed E-state index contributed by atoms with van der Waals surface area (Å²) in [4.78, 5) is 5.89. The lowest BCUT2D eigenvalue weighted by Crippen LogP contribution is -2.23. The fraction of sp³-hybridized carbons (Fsp3) is 0.400. The average molecular weight is 254 g/mol. The predicted octanol–water partition coefficient (Wildman–Crippen LogP) is 0.831. The summed E-state index contributed by atoms with van der Waals surface area (Å²) in [5.41, 5.74) is 0.710. The molecule has 7 heteroatoms. The molecule has 6 nitrogen and oxygen atoms in total. The molecular weight excluding hydrogens is 240 g/mol. The van der Waals surface area contributed by atoms with Gasteiger partial charge in [0.1, 0.15) is 6.67 Å². The number of nitrogens with zero attached hydrogens (tertiary/aromatic N) is 4. The van der Waals surface area contributed by atoms with Gasteiger partial charge in [-0.25, -0.2) is 8.42 Å². The van der Waals surface area contributed by atoms with E-state index in [4.69, 9.17) is 0 Å². The van der Waals surface area contributed by atoms with Crippen molar-refractivity contribution in [3.63, 3.8) is 0 Å². The molecule has 0 fully saturated rings. The van der Waals surface area contributed by atoms with Crippen LogP contribution in [-0.2, 0) is 10.0 Å². The van der Waals surface area contributed by atoms with Crippen LogP contribution in [0, 0.1) is 0 Å². The molecule has 1 aromatic rings. The highest BCUT2D eigenvalue weighted by Crippen LogP contribution is 2.16. The molecule has 0 N–H and O–H groups in total. The van der Waals surface area contributed by atoms with Gasteiger partial charge < -0.3 is 4.90 Å². The van der Waals surface area contributed by atoms with Gasteiger partial charge in [0, 0.05) is 12.4 Å². The minimum Gasteiger partial charge on any atom is -0.325 e. The smallest absolute Gasteiger partial charge is 0.256 e. The van der Waals surface area contributed by atoms with Gasteiger partial charge in [-0.05, 0) is 19.9 Å². The monoisotopic (exact) mass is 254 g/mol. The first kappa shape index (κ1) is 11.8. The van der Waals surface area contributed by atoms with Crippen molar-refractivity contribution in [2.75, 3.05) is 11.6 Å². The minimum atomic E-state index is -3.38. The van der Waals surface area contributed by atoms with Gasteiger partial charge in [-0.2, -0.15) is 9.19 Å². The molecule has 1 aromatic heterocycles. The van der Waals surface area contributed by atoms with Crippen LogP contribution < -0.4 is 4.90 Å². The molecule has 0 saturated carbocycles. The molecule has 0 radical (unpaired) electrons. The molecule has 0 spiro atoms. The highest BCUT2D eigenvalue weighted by Gasteiger charge is 2.20. The summed E-state index contributed by atoms with van der Waals surface area (Å²) in [6.07, 6.45) is 8.34. The maximum absolute atomic E-state index is 11.9. The molecule has 1 aliphatic rings. The van der Waals surface area contributed by atoms with Crippen LogP contribution in [0.25, 0.3) is 0 Å². The third-order valence-electron chi connectivity index (χ3n) is 2.43. The normalized spacial score (nSPS) is 15.8. The first-order valence-corrected chi connectivity index (χ1v) is 6.74. The Morgan fingerprint density at radius 3 is 2.76 bits per heavy atom. The van der Waals surface area contributed by atoms with E-state index in [0.717, 1.165) is 4.09 Å². The Morgan fingerprint density at radius 1 is 1.41 bits per heavy atom. The van der Waals surface area contributed by atoms with Crippen molar-refractivity contribution < 1.29 is 8.42 Å². The van der Waals surface area contributed by atoms with Crippen molar-refractivity contribution in [2.24, 2.45) is 4.99 Å². The second-order valence-corrected chi connectivity index (χ2v) is 6.30. The quantitative estimate of drug-likeness (QED) is 0.801. The Hall–Kier alpha value is -1.63. The molecular formula is C10H14N4O2S. The average Bonchev–Trinajstić information content (AvgIpc) is 2.80. The Labute approximate surface area is 100 Å². The van der Waals surface area contributed by atoms with Gasteiger partial charge in [0.15, 0.2) is 0 Å². The van der Waals surface area contributed by atoms with Crippen molar-refractivity contribution in [3.8, 4) is 0 Å². The molecule has 0 bridgehead atoms. The van der Waals surface area contributed by atoms with Crippen molar-refractivity contribution in [2.45, 2.75) is 19.1 Å². The first-order chi connectivity index (χ1) is 8.01. The van der Waals surface area contributed by atoms with Gasteiger partial charge in [0.25, 0.3) is 10.0 Å². The van der Waals surface area contributed by atoms with Crippen molar-refractivity contribution in [3.05, 3.63) is 24.7 Å². The predicted molar refractivity (Wildman–Crippen MR) is 66.7 cm³/mol. The SMILES string of the molecule is CC(C)S(=O)(=O)n1cc(N2C=CC=NC2)cn1. The highest BCUT2D eigenvalue weighted by atomic mass is 32.2. The third kappa shape index (κ3) is 2.23. The standard InChI is InChI=1S/C10H14N4O2S/c1-9(2)17(15,16)14-7-10(6-12-14)13-5-3-4-11-8-13/h3-7,9H,8H2,1-2H3. The molecule has 2 heterocycles. The number of rotatable bonds is 3. The zero-order valence-corrected chi connectivity index (χ0v) is 10.5. The molecule has 0 aromatic carbocycles. The van der Waals surface area contributed by atoms with Crippen LogP contribution >= 0.6 is 0 Å². The van der Waals surface area contributed by atoms with E-state index in [-0.39, 0.29) is 0 Å². The summed E-state index contributed by atoms with van der Waals surface area (Å²) >= 11 is 0. The van der Waals surface area contributed by atoms with E-state index in [1.165, 1.54) is 12.4 Å². The molecule has 17 heavy (non-hydrogen) atoms. The van der Waals surface area contributed by atoms with E-state index in [9.17, 15) is 8.42 Å². The second kappa shape index (κ2) is 4.33. The van der Waals surface area contributed by atoms with Crippen molar-refractivity contribution >= 4 is 21.9 Å². The minimum absolute atomic E-state index is 0.476. The van der Waals surface area contributed by atoms with Crippen LogP contribution in [0.2, 0.25) is 0 Å². The van der Waals surface area contributed by atoms with Crippen LogP contribution in [0.5, 0.6) is 0 Å². The maximum atomic E-state index is 11.9. The lowest BCUT2D eigenvalue weighted by Gasteiger charge is -2.17. The van der Waals surface area contributed by atoms with Crippen LogP contribution in [0.3, 0.4) is 0 Å². The van der Waals surface area contributed by atoms with Gasteiger partial charge in [0.05, 0.1) is 23.3 Å². The summed E-state index contributed by atoms with van der Waals surface area (Å²) < 4.78 is 24.7. The number of anilines is 1. The molecule has 2 rings (SSSR count). The van der Waals surface area contributed by atoms with E-state index in [2.05, 4.69) is 10.1 Å². The summed E-state index contributed by atoms with van der Waals surface area (Å²) in [6, 6.07) is 0. The Bertz CT molecular complexity index is 557. The van der Waals surface area contributed by atoms with E-state index in [1.807, 2.05) is 11.1 Å². The number of hydrogen-bond donors (Lipinski definition) is 0. The van der Waals surface area contributed by atoms with Crippen LogP contribution in [0.4, 0.5) is 5.69 Å². The zero-order valence-electron chi connectivity index (χ0n) is 9.68. The molecule has 1 aliphatic heterocycles. The molecule has 92 valence electrons. The molecule has 0 unspecified atom stereocenters. The van der Waals surface area contributed by atoms with Gasteiger partial charge in [-0.1, -0.05) is 0 Å². The zero-order chi connectivity index (χ0) is 12.5. The molecule has 0 saturated heterocycles. The van der Waals surface area contributed by atoms with E-state index >= 15 is 0 Å². The molecule has 0 atom stereocenters. The van der Waals surface area contributed by atoms with Crippen LogP contribution in [0.1, 0.15) is 13.8 Å². The molecule has 0 amide bonds. The second-order valence-electron chi connectivity index (χ2n) is 3.95. The maximum Gasteiger partial charge on any atom is 0.256 e. The summed E-state index contributed by atoms with van der Waals surface area (Å²) in [7, 11) is -3.38. The summed E-state index contributed by atoms with van der Waals surface area (Å²) in [5, 5.41) is 3.39. The summed E-state index contributed by atoms with van der Waals surface area (Å²) in [6.45, 7) is 3.73. The van der Waals surface area contributed by atoms with Gasteiger partial charge in [0.2, 0.25) is 0 Å². The van der Waals surface area contributed by atoms with E-state index in [0.29, 0.717) is 12.4 Å². The number of aliphatic imine (C=N–C) groups is 1. The number of allylic oxidation sites excluding steroid dienone is 1. The van der Waals surface area contributed by atoms with Crippen molar-refractivity contribution in [1.29, 1.82) is 0 Å². The largest absolute Gasteiger partial charge is 0.325 e. The number of hydrogen-bond acceptors (Lipinski definition) is 5. The lowest BCUT2D eigenvalue weighted by molar-refractivity contribution is 0.571. The topological polar surface area (TPSA) is 67.6 Å². The van der Waals surface area contributed by atoms with E-state index < -0.39 is 15.3 Å². The van der Waals surface area contributed by atoms with E-state index in [1.54, 1.807) is 26.1 Å². The third-order valence-corrected chi connectivity index (χ3v) is 4.34. The fourth-order valence-electron chi connectivity index (χ4n) is 1.35. The van der Waals surface area contributed by atoms with Gasteiger partial charge in [-0.3, -0.25) is 4.99 Å². The first-order valence-electron chi connectivity index (χ1n) is 5.24. The van der Waals surface area contributed by atoms with Gasteiger partial charge in [-0.15, -0.1) is 0 Å². The molecule has 0 aliphatic carbocycles.